The highest BCUT2D eigenvalue weighted by atomic mass is 35.5. The molecule has 3 nitrogen and oxygen atoms in total. The third-order valence-electron chi connectivity index (χ3n) is 1.47. The fourth-order valence-corrected chi connectivity index (χ4v) is 0.914. The molecule has 0 fully saturated rings. The van der Waals surface area contributed by atoms with E-state index in [-0.39, 0.29) is 5.29 Å². The van der Waals surface area contributed by atoms with Crippen LogP contribution in [0.4, 0.5) is 0 Å². The fraction of sp³-hybridized carbons (Fsp3) is 0.111. The Bertz CT molecular complexity index is 330. The Kier molecular flexibility index (Phi) is 3.46. The van der Waals surface area contributed by atoms with Gasteiger partial charge in [-0.2, -0.15) is 0 Å². The molecular formula is C9H10ClN3. The molecule has 2 N–H and O–H groups in total. The van der Waals surface area contributed by atoms with E-state index in [0.29, 0.717) is 5.84 Å². The third-order valence-corrected chi connectivity index (χ3v) is 1.72. The maximum atomic E-state index is 5.66. The third kappa shape index (κ3) is 2.87. The van der Waals surface area contributed by atoms with Crippen LogP contribution in [0, 0.1) is 0 Å². The summed E-state index contributed by atoms with van der Waals surface area (Å²) in [5.41, 5.74) is 6.49. The number of aliphatic imine (C=N–C) groups is 2. The number of hydrogen-bond acceptors (Lipinski definition) is 1. The molecule has 0 aliphatic carbocycles. The minimum Gasteiger partial charge on any atom is -0.383 e. The Morgan fingerprint density at radius 3 is 2.46 bits per heavy atom. The molecule has 13 heavy (non-hydrogen) atoms. The summed E-state index contributed by atoms with van der Waals surface area (Å²) in [6.07, 6.45) is 0. The van der Waals surface area contributed by atoms with E-state index in [2.05, 4.69) is 9.98 Å². The van der Waals surface area contributed by atoms with Crippen LogP contribution in [0.25, 0.3) is 0 Å². The quantitative estimate of drug-likeness (QED) is 0.413. The molecule has 0 aliphatic rings. The molecule has 0 aromatic heterocycles. The van der Waals surface area contributed by atoms with Crippen molar-refractivity contribution in [2.45, 2.75) is 0 Å². The largest absolute Gasteiger partial charge is 0.383 e. The molecular weight excluding hydrogens is 186 g/mol. The normalized spacial score (nSPS) is 13.1. The number of amidine groups is 2. The van der Waals surface area contributed by atoms with Crippen molar-refractivity contribution in [1.29, 1.82) is 0 Å². The highest BCUT2D eigenvalue weighted by Gasteiger charge is 1.96. The average molecular weight is 196 g/mol. The summed E-state index contributed by atoms with van der Waals surface area (Å²) < 4.78 is 0. The Hall–Kier alpha value is -1.35. The highest BCUT2D eigenvalue weighted by Crippen LogP contribution is 1.99. The van der Waals surface area contributed by atoms with Crippen molar-refractivity contribution in [3.63, 3.8) is 0 Å². The Balaban J connectivity index is 2.92. The van der Waals surface area contributed by atoms with Gasteiger partial charge in [-0.25, -0.2) is 4.99 Å². The standard InChI is InChI=1S/C9H10ClN3/c1-12-9(10)13-8(11)7-5-3-2-4-6-7/h2-6H,1H3,(H2,11,12,13). The number of benzene rings is 1. The van der Waals surface area contributed by atoms with Crippen molar-refractivity contribution >= 4 is 22.7 Å². The molecule has 0 saturated heterocycles. The summed E-state index contributed by atoms with van der Waals surface area (Å²) >= 11 is 5.59. The number of hydrogen-bond donors (Lipinski definition) is 1. The zero-order chi connectivity index (χ0) is 9.68. The SMILES string of the molecule is CN=C(Cl)N=C(N)c1ccccc1. The predicted octanol–water partition coefficient (Wildman–Crippen LogP) is 1.62. The van der Waals surface area contributed by atoms with Gasteiger partial charge >= 0.3 is 0 Å². The first-order valence-electron chi connectivity index (χ1n) is 3.76. The maximum absolute atomic E-state index is 5.66. The van der Waals surface area contributed by atoms with Crippen LogP contribution in [0.3, 0.4) is 0 Å². The lowest BCUT2D eigenvalue weighted by Crippen LogP contribution is -2.14. The monoisotopic (exact) mass is 195 g/mol. The molecule has 1 rings (SSSR count). The molecule has 4 heteroatoms. The van der Waals surface area contributed by atoms with E-state index in [1.54, 1.807) is 7.05 Å². The van der Waals surface area contributed by atoms with E-state index in [9.17, 15) is 0 Å². The first kappa shape index (κ1) is 9.74. The second kappa shape index (κ2) is 4.62. The van der Waals surface area contributed by atoms with Gasteiger partial charge in [0.15, 0.2) is 0 Å². The van der Waals surface area contributed by atoms with Crippen LogP contribution < -0.4 is 5.73 Å². The summed E-state index contributed by atoms with van der Waals surface area (Å²) in [5, 5.41) is 0.154. The Morgan fingerprint density at radius 2 is 1.92 bits per heavy atom. The van der Waals surface area contributed by atoms with Crippen LogP contribution in [0.2, 0.25) is 0 Å². The van der Waals surface area contributed by atoms with Crippen LogP contribution in [0.5, 0.6) is 0 Å². The van der Waals surface area contributed by atoms with Gasteiger partial charge in [-0.15, -0.1) is 0 Å². The zero-order valence-electron chi connectivity index (χ0n) is 7.24. The van der Waals surface area contributed by atoms with Gasteiger partial charge in [0.1, 0.15) is 5.84 Å². The van der Waals surface area contributed by atoms with E-state index in [1.165, 1.54) is 0 Å². The highest BCUT2D eigenvalue weighted by molar-refractivity contribution is 6.65. The van der Waals surface area contributed by atoms with Crippen molar-refractivity contribution in [2.24, 2.45) is 15.7 Å². The maximum Gasteiger partial charge on any atom is 0.219 e. The molecule has 1 aromatic rings. The molecule has 0 amide bonds. The zero-order valence-corrected chi connectivity index (χ0v) is 7.99. The molecule has 0 radical (unpaired) electrons. The minimum absolute atomic E-state index is 0.154. The van der Waals surface area contributed by atoms with E-state index < -0.39 is 0 Å². The van der Waals surface area contributed by atoms with E-state index in [4.69, 9.17) is 17.3 Å². The van der Waals surface area contributed by atoms with Gasteiger partial charge in [0.25, 0.3) is 0 Å². The number of rotatable bonds is 1. The van der Waals surface area contributed by atoms with Crippen molar-refractivity contribution in [3.05, 3.63) is 35.9 Å². The molecule has 0 heterocycles. The molecule has 0 bridgehead atoms. The second-order valence-corrected chi connectivity index (χ2v) is 2.69. The van der Waals surface area contributed by atoms with Gasteiger partial charge in [0.05, 0.1) is 0 Å². The minimum atomic E-state index is 0.154. The number of nitrogens with two attached hydrogens (primary N) is 1. The van der Waals surface area contributed by atoms with E-state index in [0.717, 1.165) is 5.56 Å². The first-order chi connectivity index (χ1) is 6.24. The lowest BCUT2D eigenvalue weighted by atomic mass is 10.2. The number of nitrogens with zero attached hydrogens (tertiary/aromatic N) is 2. The topological polar surface area (TPSA) is 50.7 Å². The van der Waals surface area contributed by atoms with Crippen LogP contribution in [0.1, 0.15) is 5.56 Å². The lowest BCUT2D eigenvalue weighted by molar-refractivity contribution is 1.42. The van der Waals surface area contributed by atoms with E-state index in [1.807, 2.05) is 30.3 Å². The molecule has 0 aliphatic heterocycles. The lowest BCUT2D eigenvalue weighted by Gasteiger charge is -1.97. The van der Waals surface area contributed by atoms with Gasteiger partial charge in [0.2, 0.25) is 5.29 Å². The van der Waals surface area contributed by atoms with Crippen molar-refractivity contribution in [2.75, 3.05) is 7.05 Å². The van der Waals surface area contributed by atoms with Crippen molar-refractivity contribution < 1.29 is 0 Å². The van der Waals surface area contributed by atoms with E-state index >= 15 is 0 Å². The molecule has 0 unspecified atom stereocenters. The molecule has 1 aromatic carbocycles. The summed E-state index contributed by atoms with van der Waals surface area (Å²) in [5.74, 6) is 0.371. The Labute approximate surface area is 82.0 Å². The van der Waals surface area contributed by atoms with Crippen LogP contribution in [-0.4, -0.2) is 18.2 Å². The van der Waals surface area contributed by atoms with Gasteiger partial charge in [-0.05, 0) is 11.6 Å². The summed E-state index contributed by atoms with van der Waals surface area (Å²) in [6.45, 7) is 0. The van der Waals surface area contributed by atoms with Gasteiger partial charge in [0, 0.05) is 12.6 Å². The first-order valence-corrected chi connectivity index (χ1v) is 4.13. The van der Waals surface area contributed by atoms with Gasteiger partial charge < -0.3 is 5.73 Å². The number of halogens is 1. The Morgan fingerprint density at radius 1 is 1.31 bits per heavy atom. The van der Waals surface area contributed by atoms with Crippen molar-refractivity contribution in [3.8, 4) is 0 Å². The predicted molar refractivity (Wildman–Crippen MR) is 56.4 cm³/mol. The molecule has 0 saturated carbocycles. The smallest absolute Gasteiger partial charge is 0.219 e. The van der Waals surface area contributed by atoms with Crippen LogP contribution in [-0.2, 0) is 0 Å². The van der Waals surface area contributed by atoms with Crippen LogP contribution >= 0.6 is 11.6 Å². The summed E-state index contributed by atoms with van der Waals surface area (Å²) in [4.78, 5) is 7.54. The summed E-state index contributed by atoms with van der Waals surface area (Å²) in [6, 6.07) is 9.40. The van der Waals surface area contributed by atoms with Gasteiger partial charge in [-0.3, -0.25) is 4.99 Å². The second-order valence-electron chi connectivity index (χ2n) is 2.36. The molecule has 0 spiro atoms. The van der Waals surface area contributed by atoms with Crippen LogP contribution in [0.15, 0.2) is 40.3 Å². The van der Waals surface area contributed by atoms with Gasteiger partial charge in [-0.1, -0.05) is 30.3 Å². The van der Waals surface area contributed by atoms with Crippen molar-refractivity contribution in [1.82, 2.24) is 0 Å². The average Bonchev–Trinajstić information content (AvgIpc) is 2.19. The summed E-state index contributed by atoms with van der Waals surface area (Å²) in [7, 11) is 1.56. The fourth-order valence-electron chi connectivity index (χ4n) is 0.823. The molecule has 0 atom stereocenters. The molecule has 68 valence electrons.